The summed E-state index contributed by atoms with van der Waals surface area (Å²) in [6, 6.07) is 8.66. The van der Waals surface area contributed by atoms with Gasteiger partial charge in [0, 0.05) is 31.1 Å². The number of hydrogen-bond acceptors (Lipinski definition) is 4. The third-order valence-electron chi connectivity index (χ3n) is 3.87. The Bertz CT molecular complexity index is 843. The van der Waals surface area contributed by atoms with E-state index in [1.165, 1.54) is 17.9 Å². The zero-order valence-corrected chi connectivity index (χ0v) is 12.9. The van der Waals surface area contributed by atoms with Gasteiger partial charge in [-0.3, -0.25) is 14.5 Å². The van der Waals surface area contributed by atoms with E-state index in [-0.39, 0.29) is 17.6 Å². The lowest BCUT2D eigenvalue weighted by Gasteiger charge is -2.14. The maximum absolute atomic E-state index is 12.0. The Morgan fingerprint density at radius 1 is 1.30 bits per heavy atom. The van der Waals surface area contributed by atoms with E-state index >= 15 is 0 Å². The number of aryl methyl sites for hydroxylation is 1. The van der Waals surface area contributed by atoms with Crippen molar-refractivity contribution in [2.75, 3.05) is 18.0 Å². The molecule has 1 aliphatic heterocycles. The van der Waals surface area contributed by atoms with Crippen LogP contribution >= 0.6 is 0 Å². The van der Waals surface area contributed by atoms with Crippen LogP contribution in [0, 0.1) is 0 Å². The van der Waals surface area contributed by atoms with Crippen molar-refractivity contribution < 1.29 is 14.3 Å². The molecule has 1 aromatic carbocycles. The van der Waals surface area contributed by atoms with Gasteiger partial charge in [0.05, 0.1) is 18.6 Å². The molecule has 0 spiro atoms. The van der Waals surface area contributed by atoms with Crippen molar-refractivity contribution in [2.45, 2.75) is 13.0 Å². The zero-order valence-electron chi connectivity index (χ0n) is 12.9. The molecule has 120 valence electrons. The second-order valence-corrected chi connectivity index (χ2v) is 5.53. The van der Waals surface area contributed by atoms with Crippen molar-refractivity contribution in [3.05, 3.63) is 40.7 Å². The summed E-state index contributed by atoms with van der Waals surface area (Å²) in [4.78, 5) is 36.1. The van der Waals surface area contributed by atoms with Gasteiger partial charge in [-0.25, -0.2) is 4.79 Å². The van der Waals surface area contributed by atoms with Gasteiger partial charge in [-0.05, 0) is 24.3 Å². The second kappa shape index (κ2) is 5.75. The van der Waals surface area contributed by atoms with E-state index in [4.69, 9.17) is 4.74 Å². The highest BCUT2D eigenvalue weighted by molar-refractivity contribution is 5.93. The molecule has 2 heterocycles. The summed E-state index contributed by atoms with van der Waals surface area (Å²) < 4.78 is 6.81. The molecule has 0 unspecified atom stereocenters. The number of rotatable bonds is 3. The van der Waals surface area contributed by atoms with Crippen molar-refractivity contribution in [1.29, 1.82) is 0 Å². The average Bonchev–Trinajstić information content (AvgIpc) is 2.90. The summed E-state index contributed by atoms with van der Waals surface area (Å²) in [5.41, 5.74) is 1.41. The fraction of sp³-hybridized carbons (Fsp3) is 0.312. The van der Waals surface area contributed by atoms with Gasteiger partial charge in [0.1, 0.15) is 6.10 Å². The minimum atomic E-state index is -0.440. The first-order chi connectivity index (χ1) is 11.0. The third-order valence-corrected chi connectivity index (χ3v) is 3.87. The van der Waals surface area contributed by atoms with Crippen LogP contribution in [0.4, 0.5) is 10.5 Å². The standard InChI is InChI=1S/C16H17N3O4/c1-10(20)17-8-13-9-19(16(22)23-13)12-4-5-14-11(7-12)3-6-15(21)18(14)2/h3-7,13H,8-9H2,1-2H3,(H,17,20)/t13-/m0/s1. The molecule has 2 aromatic rings. The summed E-state index contributed by atoms with van der Waals surface area (Å²) in [6.07, 6.45) is -0.813. The molecule has 1 fully saturated rings. The minimum absolute atomic E-state index is 0.0822. The van der Waals surface area contributed by atoms with Crippen LogP contribution in [0.1, 0.15) is 6.92 Å². The predicted octanol–water partition coefficient (Wildman–Crippen LogP) is 1.000. The highest BCUT2D eigenvalue weighted by Crippen LogP contribution is 2.25. The molecule has 1 aromatic heterocycles. The van der Waals surface area contributed by atoms with Crippen molar-refractivity contribution in [3.63, 3.8) is 0 Å². The van der Waals surface area contributed by atoms with Crippen LogP contribution in [0.5, 0.6) is 0 Å². The van der Waals surface area contributed by atoms with Crippen molar-refractivity contribution >= 4 is 28.6 Å². The molecule has 0 aliphatic carbocycles. The predicted molar refractivity (Wildman–Crippen MR) is 85.5 cm³/mol. The smallest absolute Gasteiger partial charge is 0.414 e. The molecule has 2 amide bonds. The molecule has 7 heteroatoms. The molecule has 23 heavy (non-hydrogen) atoms. The number of fused-ring (bicyclic) bond motifs is 1. The Hall–Kier alpha value is -2.83. The Balaban J connectivity index is 1.86. The van der Waals surface area contributed by atoms with E-state index in [0.29, 0.717) is 18.8 Å². The van der Waals surface area contributed by atoms with Crippen LogP contribution < -0.4 is 15.8 Å². The lowest BCUT2D eigenvalue weighted by atomic mass is 10.2. The molecule has 7 nitrogen and oxygen atoms in total. The van der Waals surface area contributed by atoms with E-state index in [0.717, 1.165) is 10.9 Å². The number of nitrogens with one attached hydrogen (secondary N) is 1. The molecule has 0 saturated carbocycles. The Labute approximate surface area is 132 Å². The Morgan fingerprint density at radius 3 is 2.83 bits per heavy atom. The fourth-order valence-electron chi connectivity index (χ4n) is 2.64. The van der Waals surface area contributed by atoms with Gasteiger partial charge in [0.25, 0.3) is 5.56 Å². The van der Waals surface area contributed by atoms with Gasteiger partial charge in [0.15, 0.2) is 0 Å². The zero-order chi connectivity index (χ0) is 16.6. The molecule has 0 bridgehead atoms. The number of benzene rings is 1. The number of amides is 2. The molecule has 1 N–H and O–H groups in total. The van der Waals surface area contributed by atoms with E-state index < -0.39 is 6.09 Å². The number of pyridine rings is 1. The number of anilines is 1. The van der Waals surface area contributed by atoms with Gasteiger partial charge in [-0.1, -0.05) is 0 Å². The summed E-state index contributed by atoms with van der Waals surface area (Å²) in [5.74, 6) is -0.161. The lowest BCUT2D eigenvalue weighted by Crippen LogP contribution is -2.33. The maximum atomic E-state index is 12.0. The van der Waals surface area contributed by atoms with E-state index in [1.54, 1.807) is 29.8 Å². The van der Waals surface area contributed by atoms with Crippen molar-refractivity contribution in [1.82, 2.24) is 9.88 Å². The average molecular weight is 315 g/mol. The number of cyclic esters (lactones) is 1. The van der Waals surface area contributed by atoms with Crippen LogP contribution in [0.15, 0.2) is 35.1 Å². The first kappa shape index (κ1) is 15.1. The number of nitrogens with zero attached hydrogens (tertiary/aromatic N) is 2. The highest BCUT2D eigenvalue weighted by atomic mass is 16.6. The normalized spacial score (nSPS) is 17.4. The van der Waals surface area contributed by atoms with Gasteiger partial charge in [0.2, 0.25) is 5.91 Å². The van der Waals surface area contributed by atoms with Crippen LogP contribution in [-0.2, 0) is 16.6 Å². The number of ether oxygens (including phenoxy) is 1. The summed E-state index contributed by atoms with van der Waals surface area (Å²) in [7, 11) is 1.71. The molecular weight excluding hydrogens is 298 g/mol. The van der Waals surface area contributed by atoms with Gasteiger partial charge < -0.3 is 14.6 Å². The van der Waals surface area contributed by atoms with Gasteiger partial charge in [-0.2, -0.15) is 0 Å². The lowest BCUT2D eigenvalue weighted by molar-refractivity contribution is -0.119. The highest BCUT2D eigenvalue weighted by Gasteiger charge is 2.32. The Morgan fingerprint density at radius 2 is 2.09 bits per heavy atom. The SMILES string of the molecule is CC(=O)NC[C@H]1CN(c2ccc3c(ccc(=O)n3C)c2)C(=O)O1. The molecule has 1 saturated heterocycles. The monoisotopic (exact) mass is 315 g/mol. The van der Waals surface area contributed by atoms with Crippen LogP contribution in [0.25, 0.3) is 10.9 Å². The summed E-state index contributed by atoms with van der Waals surface area (Å²) >= 11 is 0. The molecule has 0 radical (unpaired) electrons. The molecule has 3 rings (SSSR count). The molecule has 1 aliphatic rings. The third kappa shape index (κ3) is 2.90. The summed E-state index contributed by atoms with van der Waals surface area (Å²) in [6.45, 7) is 2.08. The fourth-order valence-corrected chi connectivity index (χ4v) is 2.64. The Kier molecular flexibility index (Phi) is 3.77. The van der Waals surface area contributed by atoms with E-state index in [1.807, 2.05) is 6.07 Å². The number of aromatic nitrogens is 1. The summed E-state index contributed by atoms with van der Waals surface area (Å²) in [5, 5.41) is 3.51. The number of hydrogen-bond donors (Lipinski definition) is 1. The molecule has 1 atom stereocenters. The number of carbonyl (C=O) groups is 2. The topological polar surface area (TPSA) is 80.6 Å². The van der Waals surface area contributed by atoms with Crippen LogP contribution in [0.2, 0.25) is 0 Å². The first-order valence-electron chi connectivity index (χ1n) is 7.28. The van der Waals surface area contributed by atoms with Gasteiger partial charge >= 0.3 is 6.09 Å². The maximum Gasteiger partial charge on any atom is 0.414 e. The number of carbonyl (C=O) groups excluding carboxylic acids is 2. The van der Waals surface area contributed by atoms with E-state index in [9.17, 15) is 14.4 Å². The second-order valence-electron chi connectivity index (χ2n) is 5.53. The van der Waals surface area contributed by atoms with E-state index in [2.05, 4.69) is 5.32 Å². The van der Waals surface area contributed by atoms with Crippen LogP contribution in [-0.4, -0.2) is 35.8 Å². The van der Waals surface area contributed by atoms with Crippen molar-refractivity contribution in [2.24, 2.45) is 7.05 Å². The van der Waals surface area contributed by atoms with Gasteiger partial charge in [-0.15, -0.1) is 0 Å². The largest absolute Gasteiger partial charge is 0.442 e. The van der Waals surface area contributed by atoms with Crippen LogP contribution in [0.3, 0.4) is 0 Å². The minimum Gasteiger partial charge on any atom is -0.442 e. The quantitative estimate of drug-likeness (QED) is 0.916. The first-order valence-corrected chi connectivity index (χ1v) is 7.28. The molecular formula is C16H17N3O4. The van der Waals surface area contributed by atoms with Crippen molar-refractivity contribution in [3.8, 4) is 0 Å².